The van der Waals surface area contributed by atoms with Crippen molar-refractivity contribution < 1.29 is 9.84 Å². The van der Waals surface area contributed by atoms with Crippen LogP contribution in [-0.2, 0) is 10.2 Å². The molecule has 0 spiro atoms. The number of rotatable bonds is 4. The number of aromatic amines is 1. The van der Waals surface area contributed by atoms with Gasteiger partial charge in [-0.3, -0.25) is 0 Å². The highest BCUT2D eigenvalue weighted by Gasteiger charge is 2.39. The number of ether oxygens (including phenoxy) is 1. The molecule has 0 atom stereocenters. The Bertz CT molecular complexity index is 558. The molecule has 0 aliphatic carbocycles. The number of benzene rings is 1. The van der Waals surface area contributed by atoms with E-state index in [2.05, 4.69) is 28.2 Å². The number of imidazole rings is 1. The van der Waals surface area contributed by atoms with E-state index in [1.807, 2.05) is 6.92 Å². The van der Waals surface area contributed by atoms with Gasteiger partial charge < -0.3 is 14.8 Å². The molecule has 0 unspecified atom stereocenters. The summed E-state index contributed by atoms with van der Waals surface area (Å²) >= 11 is 0. The van der Waals surface area contributed by atoms with Crippen LogP contribution in [-0.4, -0.2) is 34.9 Å². The SMILES string of the molecule is Cc1nc2ccc(C3(CCCO)COC3)cc2[nH]1. The van der Waals surface area contributed by atoms with Gasteiger partial charge in [-0.25, -0.2) is 4.98 Å². The summed E-state index contributed by atoms with van der Waals surface area (Å²) in [5, 5.41) is 9.01. The number of aliphatic hydroxyl groups is 1. The number of nitrogens with zero attached hydrogens (tertiary/aromatic N) is 1. The fourth-order valence-corrected chi connectivity index (χ4v) is 2.69. The fraction of sp³-hybridized carbons (Fsp3) is 0.500. The molecule has 3 rings (SSSR count). The zero-order chi connectivity index (χ0) is 12.6. The number of hydrogen-bond donors (Lipinski definition) is 2. The average Bonchev–Trinajstić information content (AvgIpc) is 2.67. The van der Waals surface area contributed by atoms with E-state index in [-0.39, 0.29) is 12.0 Å². The number of nitrogens with one attached hydrogen (secondary N) is 1. The fourth-order valence-electron chi connectivity index (χ4n) is 2.69. The van der Waals surface area contributed by atoms with Gasteiger partial charge in [0.2, 0.25) is 0 Å². The van der Waals surface area contributed by atoms with Crippen molar-refractivity contribution in [3.63, 3.8) is 0 Å². The monoisotopic (exact) mass is 246 g/mol. The van der Waals surface area contributed by atoms with Crippen LogP contribution in [0.15, 0.2) is 18.2 Å². The van der Waals surface area contributed by atoms with Crippen LogP contribution >= 0.6 is 0 Å². The minimum absolute atomic E-state index is 0.0932. The number of fused-ring (bicyclic) bond motifs is 1. The number of aliphatic hydroxyl groups excluding tert-OH is 1. The smallest absolute Gasteiger partial charge is 0.104 e. The molecule has 1 aromatic carbocycles. The molecule has 1 aliphatic heterocycles. The van der Waals surface area contributed by atoms with Crippen LogP contribution in [0.2, 0.25) is 0 Å². The van der Waals surface area contributed by atoms with Gasteiger partial charge in [-0.1, -0.05) is 6.07 Å². The van der Waals surface area contributed by atoms with Crippen molar-refractivity contribution in [3.8, 4) is 0 Å². The van der Waals surface area contributed by atoms with Crippen molar-refractivity contribution in [1.29, 1.82) is 0 Å². The summed E-state index contributed by atoms with van der Waals surface area (Å²) in [5.41, 5.74) is 3.48. The summed E-state index contributed by atoms with van der Waals surface area (Å²) in [7, 11) is 0. The third kappa shape index (κ3) is 1.82. The predicted molar refractivity (Wildman–Crippen MR) is 69.6 cm³/mol. The average molecular weight is 246 g/mol. The first kappa shape index (κ1) is 11.7. The van der Waals surface area contributed by atoms with Crippen molar-refractivity contribution in [2.24, 2.45) is 0 Å². The largest absolute Gasteiger partial charge is 0.396 e. The molecule has 1 fully saturated rings. The molecule has 1 saturated heterocycles. The van der Waals surface area contributed by atoms with Gasteiger partial charge in [0.05, 0.1) is 24.2 Å². The summed E-state index contributed by atoms with van der Waals surface area (Å²) in [4.78, 5) is 7.69. The lowest BCUT2D eigenvalue weighted by atomic mass is 9.75. The van der Waals surface area contributed by atoms with E-state index in [0.717, 1.165) is 42.9 Å². The second kappa shape index (κ2) is 4.37. The van der Waals surface area contributed by atoms with E-state index in [1.54, 1.807) is 0 Å². The molecule has 1 aromatic heterocycles. The summed E-state index contributed by atoms with van der Waals surface area (Å²) in [6.07, 6.45) is 1.80. The van der Waals surface area contributed by atoms with Crippen molar-refractivity contribution in [3.05, 3.63) is 29.6 Å². The molecule has 18 heavy (non-hydrogen) atoms. The Morgan fingerprint density at radius 1 is 1.44 bits per heavy atom. The number of H-pyrrole nitrogens is 1. The van der Waals surface area contributed by atoms with Gasteiger partial charge in [0, 0.05) is 12.0 Å². The number of aryl methyl sites for hydroxylation is 1. The molecule has 4 nitrogen and oxygen atoms in total. The zero-order valence-electron chi connectivity index (χ0n) is 10.6. The first-order valence-electron chi connectivity index (χ1n) is 6.39. The molecular formula is C14H18N2O2. The highest BCUT2D eigenvalue weighted by molar-refractivity contribution is 5.76. The Balaban J connectivity index is 1.96. The highest BCUT2D eigenvalue weighted by Crippen LogP contribution is 2.37. The standard InChI is InChI=1S/C14H18N2O2/c1-10-15-12-4-3-11(7-13(12)16-10)14(5-2-6-17)8-18-9-14/h3-4,7,17H,2,5-6,8-9H2,1H3,(H,15,16). The predicted octanol–water partition coefficient (Wildman–Crippen LogP) is 1.91. The van der Waals surface area contributed by atoms with Crippen molar-refractivity contribution in [1.82, 2.24) is 9.97 Å². The van der Waals surface area contributed by atoms with E-state index in [9.17, 15) is 0 Å². The normalized spacial score (nSPS) is 17.9. The first-order valence-corrected chi connectivity index (χ1v) is 6.39. The Labute approximate surface area is 106 Å². The molecule has 0 bridgehead atoms. The van der Waals surface area contributed by atoms with E-state index in [0.29, 0.717) is 0 Å². The zero-order valence-corrected chi connectivity index (χ0v) is 10.6. The van der Waals surface area contributed by atoms with Gasteiger partial charge in [-0.05, 0) is 37.5 Å². The lowest BCUT2D eigenvalue weighted by Gasteiger charge is -2.42. The molecule has 4 heteroatoms. The summed E-state index contributed by atoms with van der Waals surface area (Å²) in [6, 6.07) is 6.38. The molecule has 2 N–H and O–H groups in total. The van der Waals surface area contributed by atoms with E-state index in [1.165, 1.54) is 5.56 Å². The Morgan fingerprint density at radius 2 is 2.28 bits per heavy atom. The van der Waals surface area contributed by atoms with Gasteiger partial charge >= 0.3 is 0 Å². The van der Waals surface area contributed by atoms with Gasteiger partial charge in [0.1, 0.15) is 5.82 Å². The first-order chi connectivity index (χ1) is 8.73. The number of aromatic nitrogens is 2. The lowest BCUT2D eigenvalue weighted by Crippen LogP contribution is -2.46. The maximum atomic E-state index is 9.01. The van der Waals surface area contributed by atoms with Crippen LogP contribution in [0.1, 0.15) is 24.2 Å². The second-order valence-electron chi connectivity index (χ2n) is 5.15. The Hall–Kier alpha value is -1.39. The lowest BCUT2D eigenvalue weighted by molar-refractivity contribution is -0.0664. The maximum Gasteiger partial charge on any atom is 0.104 e. The van der Waals surface area contributed by atoms with Crippen LogP contribution in [0.25, 0.3) is 11.0 Å². The van der Waals surface area contributed by atoms with Crippen LogP contribution in [0.4, 0.5) is 0 Å². The molecular weight excluding hydrogens is 228 g/mol. The molecule has 0 radical (unpaired) electrons. The van der Waals surface area contributed by atoms with Crippen molar-refractivity contribution >= 4 is 11.0 Å². The molecule has 1 aliphatic rings. The van der Waals surface area contributed by atoms with Gasteiger partial charge in [0.15, 0.2) is 0 Å². The minimum atomic E-state index is 0.0932. The number of hydrogen-bond acceptors (Lipinski definition) is 3. The molecule has 0 amide bonds. The van der Waals surface area contributed by atoms with Crippen LogP contribution in [0.3, 0.4) is 0 Å². The van der Waals surface area contributed by atoms with Crippen LogP contribution in [0, 0.1) is 6.92 Å². The summed E-state index contributed by atoms with van der Waals surface area (Å²) in [6.45, 7) is 3.72. The summed E-state index contributed by atoms with van der Waals surface area (Å²) < 4.78 is 5.40. The Morgan fingerprint density at radius 3 is 2.94 bits per heavy atom. The van der Waals surface area contributed by atoms with Gasteiger partial charge in [-0.2, -0.15) is 0 Å². The minimum Gasteiger partial charge on any atom is -0.396 e. The van der Waals surface area contributed by atoms with Crippen LogP contribution < -0.4 is 0 Å². The topological polar surface area (TPSA) is 58.1 Å². The third-order valence-corrected chi connectivity index (χ3v) is 3.78. The molecule has 96 valence electrons. The van der Waals surface area contributed by atoms with E-state index < -0.39 is 0 Å². The molecule has 0 saturated carbocycles. The molecule has 2 heterocycles. The second-order valence-corrected chi connectivity index (χ2v) is 5.15. The highest BCUT2D eigenvalue weighted by atomic mass is 16.5. The maximum absolute atomic E-state index is 9.01. The van der Waals surface area contributed by atoms with Crippen molar-refractivity contribution in [2.75, 3.05) is 19.8 Å². The Kier molecular flexibility index (Phi) is 2.84. The van der Waals surface area contributed by atoms with Crippen molar-refractivity contribution in [2.45, 2.75) is 25.2 Å². The van der Waals surface area contributed by atoms with Gasteiger partial charge in [-0.15, -0.1) is 0 Å². The van der Waals surface area contributed by atoms with E-state index >= 15 is 0 Å². The van der Waals surface area contributed by atoms with E-state index in [4.69, 9.17) is 9.84 Å². The quantitative estimate of drug-likeness (QED) is 0.866. The van der Waals surface area contributed by atoms with Crippen LogP contribution in [0.5, 0.6) is 0 Å². The summed E-state index contributed by atoms with van der Waals surface area (Å²) in [5.74, 6) is 0.941. The molecule has 2 aromatic rings. The third-order valence-electron chi connectivity index (χ3n) is 3.78. The van der Waals surface area contributed by atoms with Gasteiger partial charge in [0.25, 0.3) is 0 Å².